The highest BCUT2D eigenvalue weighted by atomic mass is 19.4. The number of carbonyl (C=O) groups excluding carboxylic acids is 2. The summed E-state index contributed by atoms with van der Waals surface area (Å²) < 4.78 is 52.9. The number of hydrogen-bond donors (Lipinski definition) is 1. The molecule has 222 valence electrons. The van der Waals surface area contributed by atoms with Crippen LogP contribution < -0.4 is 19.7 Å². The van der Waals surface area contributed by atoms with Crippen LogP contribution in [0.3, 0.4) is 0 Å². The minimum atomic E-state index is -4.66. The van der Waals surface area contributed by atoms with Crippen LogP contribution in [0.25, 0.3) is 10.9 Å². The number of amides is 2. The summed E-state index contributed by atoms with van der Waals surface area (Å²) in [6.45, 7) is 0.649. The zero-order valence-corrected chi connectivity index (χ0v) is 23.3. The van der Waals surface area contributed by atoms with Gasteiger partial charge in [0.25, 0.3) is 5.91 Å². The first kappa shape index (κ1) is 28.5. The molecule has 1 atom stereocenters. The highest BCUT2D eigenvalue weighted by molar-refractivity contribution is 6.10. The van der Waals surface area contributed by atoms with Crippen molar-refractivity contribution in [2.45, 2.75) is 50.4 Å². The van der Waals surface area contributed by atoms with Crippen LogP contribution in [0.1, 0.15) is 59.6 Å². The van der Waals surface area contributed by atoms with E-state index in [0.29, 0.717) is 35.8 Å². The molecule has 0 saturated heterocycles. The molecule has 1 aromatic heterocycles. The van der Waals surface area contributed by atoms with Crippen LogP contribution in [-0.4, -0.2) is 36.1 Å². The topological polar surface area (TPSA) is 80.8 Å². The van der Waals surface area contributed by atoms with Crippen LogP contribution in [-0.2, 0) is 11.0 Å². The first-order valence-corrected chi connectivity index (χ1v) is 14.3. The first-order chi connectivity index (χ1) is 20.8. The van der Waals surface area contributed by atoms with Crippen molar-refractivity contribution >= 4 is 28.4 Å². The zero-order chi connectivity index (χ0) is 30.0. The van der Waals surface area contributed by atoms with Gasteiger partial charge in [-0.1, -0.05) is 37.5 Å². The number of aromatic nitrogens is 1. The van der Waals surface area contributed by atoms with E-state index >= 15 is 0 Å². The molecule has 2 aliphatic rings. The lowest BCUT2D eigenvalue weighted by atomic mass is 9.94. The van der Waals surface area contributed by atoms with Crippen LogP contribution in [0.15, 0.2) is 79.0 Å². The molecule has 1 N–H and O–H groups in total. The number of pyridine rings is 1. The molecule has 0 radical (unpaired) electrons. The van der Waals surface area contributed by atoms with Crippen LogP contribution in [0.2, 0.25) is 0 Å². The SMILES string of the molecule is O=C(NC1CCCCC1)[C@@H](c1ccc2ncccc2c1)N(C(=O)c1ccc2c(c1)OCCO2)c1cccc(C(F)(F)F)c1. The van der Waals surface area contributed by atoms with Gasteiger partial charge >= 0.3 is 6.18 Å². The van der Waals surface area contributed by atoms with E-state index in [9.17, 15) is 22.8 Å². The molecule has 1 fully saturated rings. The third-order valence-corrected chi connectivity index (χ3v) is 7.86. The van der Waals surface area contributed by atoms with Gasteiger partial charge in [0.1, 0.15) is 19.3 Å². The average molecular weight is 590 g/mol. The van der Waals surface area contributed by atoms with E-state index in [1.807, 2.05) is 6.07 Å². The number of alkyl halides is 3. The second-order valence-electron chi connectivity index (χ2n) is 10.8. The van der Waals surface area contributed by atoms with Crippen molar-refractivity contribution in [3.63, 3.8) is 0 Å². The van der Waals surface area contributed by atoms with Gasteiger partial charge in [-0.25, -0.2) is 0 Å². The number of ether oxygens (including phenoxy) is 2. The van der Waals surface area contributed by atoms with Gasteiger partial charge in [0, 0.05) is 28.9 Å². The predicted molar refractivity (Wildman–Crippen MR) is 155 cm³/mol. The van der Waals surface area contributed by atoms with Gasteiger partial charge in [0.2, 0.25) is 5.91 Å². The maximum atomic E-state index is 14.4. The lowest BCUT2D eigenvalue weighted by Crippen LogP contribution is -2.47. The second-order valence-corrected chi connectivity index (χ2v) is 10.8. The summed E-state index contributed by atoms with van der Waals surface area (Å²) in [5.41, 5.74) is 0.266. The molecule has 3 aromatic carbocycles. The van der Waals surface area contributed by atoms with Gasteiger partial charge in [0.15, 0.2) is 11.5 Å². The normalized spacial score (nSPS) is 16.0. The quantitative estimate of drug-likeness (QED) is 0.266. The third kappa shape index (κ3) is 6.14. The van der Waals surface area contributed by atoms with E-state index in [1.165, 1.54) is 24.3 Å². The van der Waals surface area contributed by atoms with Gasteiger partial charge in [0.05, 0.1) is 11.1 Å². The Hall–Kier alpha value is -4.60. The minimum absolute atomic E-state index is 0.0650. The molecule has 43 heavy (non-hydrogen) atoms. The van der Waals surface area contributed by atoms with E-state index in [0.717, 1.165) is 54.5 Å². The molecular formula is C33H30F3N3O4. The maximum absolute atomic E-state index is 14.4. The maximum Gasteiger partial charge on any atom is 0.416 e. The zero-order valence-electron chi connectivity index (χ0n) is 23.3. The van der Waals surface area contributed by atoms with Crippen molar-refractivity contribution in [3.05, 3.63) is 95.7 Å². The molecule has 1 aliphatic heterocycles. The molecule has 10 heteroatoms. The van der Waals surface area contributed by atoms with E-state index in [-0.39, 0.29) is 17.3 Å². The number of anilines is 1. The number of halogens is 3. The summed E-state index contributed by atoms with van der Waals surface area (Å²) in [7, 11) is 0. The Morgan fingerprint density at radius 2 is 1.67 bits per heavy atom. The Labute approximate surface area is 246 Å². The van der Waals surface area contributed by atoms with Gasteiger partial charge in [-0.15, -0.1) is 0 Å². The number of fused-ring (bicyclic) bond motifs is 2. The molecule has 1 saturated carbocycles. The fourth-order valence-corrected chi connectivity index (χ4v) is 5.74. The van der Waals surface area contributed by atoms with Gasteiger partial charge in [-0.3, -0.25) is 19.5 Å². The predicted octanol–water partition coefficient (Wildman–Crippen LogP) is 6.86. The smallest absolute Gasteiger partial charge is 0.416 e. The fourth-order valence-electron chi connectivity index (χ4n) is 5.74. The Balaban J connectivity index is 1.51. The van der Waals surface area contributed by atoms with Crippen molar-refractivity contribution < 1.29 is 32.2 Å². The molecular weight excluding hydrogens is 559 g/mol. The Morgan fingerprint density at radius 1 is 0.884 bits per heavy atom. The number of hydrogen-bond acceptors (Lipinski definition) is 5. The standard InChI is InChI=1S/C33H30F3N3O4/c34-33(35,36)24-7-4-10-26(20-24)39(32(41)23-12-14-28-29(19-23)43-17-16-42-28)30(31(40)38-25-8-2-1-3-9-25)22-11-13-27-21(18-22)6-5-15-37-27/h4-7,10-15,18-20,25,30H,1-3,8-9,16-17H2,(H,38,40)/t30-/m1/s1. The summed E-state index contributed by atoms with van der Waals surface area (Å²) in [5.74, 6) is -0.326. The van der Waals surface area contributed by atoms with Gasteiger partial charge in [-0.2, -0.15) is 13.2 Å². The third-order valence-electron chi connectivity index (χ3n) is 7.86. The number of rotatable bonds is 6. The average Bonchev–Trinajstić information content (AvgIpc) is 3.03. The highest BCUT2D eigenvalue weighted by Crippen LogP contribution is 2.38. The second kappa shape index (κ2) is 11.9. The fraction of sp³-hybridized carbons (Fsp3) is 0.303. The Kier molecular flexibility index (Phi) is 7.92. The lowest BCUT2D eigenvalue weighted by molar-refractivity contribution is -0.137. The summed E-state index contributed by atoms with van der Waals surface area (Å²) in [5, 5.41) is 3.83. The molecule has 2 amide bonds. The van der Waals surface area contributed by atoms with Crippen molar-refractivity contribution in [1.29, 1.82) is 0 Å². The molecule has 4 aromatic rings. The Morgan fingerprint density at radius 3 is 2.47 bits per heavy atom. The summed E-state index contributed by atoms with van der Waals surface area (Å²) in [4.78, 5) is 34.2. The molecule has 6 rings (SSSR count). The van der Waals surface area contributed by atoms with Crippen LogP contribution in [0.4, 0.5) is 18.9 Å². The van der Waals surface area contributed by atoms with Crippen molar-refractivity contribution in [2.75, 3.05) is 18.1 Å². The molecule has 1 aliphatic carbocycles. The number of nitrogens with one attached hydrogen (secondary N) is 1. The Bertz CT molecular complexity index is 1650. The summed E-state index contributed by atoms with van der Waals surface area (Å²) in [6, 6.07) is 16.5. The largest absolute Gasteiger partial charge is 0.486 e. The van der Waals surface area contributed by atoms with Gasteiger partial charge < -0.3 is 14.8 Å². The number of carbonyl (C=O) groups is 2. The molecule has 0 unspecified atom stereocenters. The molecule has 0 bridgehead atoms. The van der Waals surface area contributed by atoms with E-state index < -0.39 is 29.6 Å². The summed E-state index contributed by atoms with van der Waals surface area (Å²) in [6.07, 6.45) is 1.58. The van der Waals surface area contributed by atoms with Crippen molar-refractivity contribution in [1.82, 2.24) is 10.3 Å². The first-order valence-electron chi connectivity index (χ1n) is 14.3. The molecule has 7 nitrogen and oxygen atoms in total. The van der Waals surface area contributed by atoms with Gasteiger partial charge in [-0.05, 0) is 73.0 Å². The number of nitrogens with zero attached hydrogens (tertiary/aromatic N) is 2. The lowest BCUT2D eigenvalue weighted by Gasteiger charge is -2.34. The minimum Gasteiger partial charge on any atom is -0.486 e. The van der Waals surface area contributed by atoms with E-state index in [1.54, 1.807) is 36.5 Å². The molecule has 2 heterocycles. The van der Waals surface area contributed by atoms with Crippen LogP contribution in [0.5, 0.6) is 11.5 Å². The van der Waals surface area contributed by atoms with Crippen LogP contribution >= 0.6 is 0 Å². The highest BCUT2D eigenvalue weighted by Gasteiger charge is 2.37. The number of benzene rings is 3. The monoisotopic (exact) mass is 589 g/mol. The van der Waals surface area contributed by atoms with Crippen LogP contribution in [0, 0.1) is 0 Å². The van der Waals surface area contributed by atoms with Crippen molar-refractivity contribution in [2.24, 2.45) is 0 Å². The molecule has 0 spiro atoms. The summed E-state index contributed by atoms with van der Waals surface area (Å²) >= 11 is 0. The van der Waals surface area contributed by atoms with E-state index in [2.05, 4.69) is 10.3 Å². The van der Waals surface area contributed by atoms with E-state index in [4.69, 9.17) is 9.47 Å². The van der Waals surface area contributed by atoms with Crippen molar-refractivity contribution in [3.8, 4) is 11.5 Å².